The zero-order valence-corrected chi connectivity index (χ0v) is 7.71. The average Bonchev–Trinajstić information content (AvgIpc) is 2.06. The Morgan fingerprint density at radius 3 is 2.67 bits per heavy atom. The molecule has 0 saturated carbocycles. The second-order valence-electron chi connectivity index (χ2n) is 2.29. The molecule has 0 aromatic heterocycles. The number of hydrogen-bond donors (Lipinski definition) is 0. The minimum absolute atomic E-state index is 0.434. The first-order valence-electron chi connectivity index (χ1n) is 3.88. The van der Waals surface area contributed by atoms with E-state index in [4.69, 9.17) is 16.3 Å². The molecular weight excluding hydrogens is 172 g/mol. The third-order valence-electron chi connectivity index (χ3n) is 1.36. The van der Waals surface area contributed by atoms with Gasteiger partial charge in [0.25, 0.3) is 0 Å². The van der Waals surface area contributed by atoms with Crippen molar-refractivity contribution in [3.63, 3.8) is 0 Å². The van der Waals surface area contributed by atoms with Crippen molar-refractivity contribution < 1.29 is 4.74 Å². The van der Waals surface area contributed by atoms with E-state index >= 15 is 0 Å². The second kappa shape index (κ2) is 4.83. The molecule has 1 nitrogen and oxygen atoms in total. The Hall–Kier alpha value is -0.950. The third-order valence-corrected chi connectivity index (χ3v) is 1.58. The van der Waals surface area contributed by atoms with Gasteiger partial charge in [-0.15, -0.1) is 0 Å². The molecule has 0 bridgehead atoms. The van der Waals surface area contributed by atoms with Gasteiger partial charge in [0.2, 0.25) is 0 Å². The van der Waals surface area contributed by atoms with E-state index in [0.717, 1.165) is 5.56 Å². The van der Waals surface area contributed by atoms with Crippen molar-refractivity contribution in [1.29, 1.82) is 0 Å². The van der Waals surface area contributed by atoms with Gasteiger partial charge in [0.05, 0.1) is 6.61 Å². The largest absolute Gasteiger partial charge is 0.483 e. The van der Waals surface area contributed by atoms with Crippen molar-refractivity contribution >= 4 is 17.7 Å². The minimum Gasteiger partial charge on any atom is -0.483 e. The monoisotopic (exact) mass is 182 g/mol. The molecule has 0 heterocycles. The molecule has 0 aliphatic heterocycles. The maximum atomic E-state index is 5.75. The zero-order chi connectivity index (χ0) is 8.81. The standard InChI is InChI=1S/C10H11ClO/c1-2-12-10(11)8-9-6-4-3-5-7-9/h3-8H,2H2,1H3/b10-8-. The van der Waals surface area contributed by atoms with Gasteiger partial charge in [-0.05, 0) is 30.2 Å². The van der Waals surface area contributed by atoms with E-state index in [0.29, 0.717) is 11.8 Å². The smallest absolute Gasteiger partial charge is 0.187 e. The van der Waals surface area contributed by atoms with Gasteiger partial charge in [-0.1, -0.05) is 30.3 Å². The normalized spacial score (nSPS) is 11.3. The lowest BCUT2D eigenvalue weighted by atomic mass is 10.2. The highest BCUT2D eigenvalue weighted by molar-refractivity contribution is 6.30. The fraction of sp³-hybridized carbons (Fsp3) is 0.200. The highest BCUT2D eigenvalue weighted by Gasteiger charge is 1.90. The Morgan fingerprint density at radius 1 is 1.42 bits per heavy atom. The van der Waals surface area contributed by atoms with Crippen molar-refractivity contribution in [3.05, 3.63) is 41.1 Å². The summed E-state index contributed by atoms with van der Waals surface area (Å²) in [7, 11) is 0. The third kappa shape index (κ3) is 2.97. The summed E-state index contributed by atoms with van der Waals surface area (Å²) in [6.07, 6.45) is 1.80. The molecule has 12 heavy (non-hydrogen) atoms. The Labute approximate surface area is 77.6 Å². The van der Waals surface area contributed by atoms with Crippen LogP contribution in [0.2, 0.25) is 0 Å². The molecule has 0 aliphatic carbocycles. The van der Waals surface area contributed by atoms with E-state index in [9.17, 15) is 0 Å². The van der Waals surface area contributed by atoms with Crippen LogP contribution in [0.5, 0.6) is 0 Å². The zero-order valence-electron chi connectivity index (χ0n) is 6.96. The van der Waals surface area contributed by atoms with Crippen molar-refractivity contribution in [1.82, 2.24) is 0 Å². The van der Waals surface area contributed by atoms with Gasteiger partial charge in [-0.3, -0.25) is 0 Å². The van der Waals surface area contributed by atoms with Crippen molar-refractivity contribution in [2.45, 2.75) is 6.92 Å². The van der Waals surface area contributed by atoms with E-state index in [2.05, 4.69) is 0 Å². The topological polar surface area (TPSA) is 9.23 Å². The van der Waals surface area contributed by atoms with Crippen LogP contribution in [0, 0.1) is 0 Å². The Morgan fingerprint density at radius 2 is 2.08 bits per heavy atom. The summed E-state index contributed by atoms with van der Waals surface area (Å²) in [6, 6.07) is 9.83. The lowest BCUT2D eigenvalue weighted by Gasteiger charge is -1.99. The molecule has 0 aliphatic rings. The molecule has 0 radical (unpaired) electrons. The highest BCUT2D eigenvalue weighted by atomic mass is 35.5. The number of ether oxygens (including phenoxy) is 1. The predicted octanol–water partition coefficient (Wildman–Crippen LogP) is 3.26. The fourth-order valence-electron chi connectivity index (χ4n) is 0.860. The number of halogens is 1. The molecule has 2 heteroatoms. The van der Waals surface area contributed by atoms with E-state index in [1.165, 1.54) is 0 Å². The Balaban J connectivity index is 2.67. The van der Waals surface area contributed by atoms with Gasteiger partial charge >= 0.3 is 0 Å². The van der Waals surface area contributed by atoms with Gasteiger partial charge in [0, 0.05) is 0 Å². The van der Waals surface area contributed by atoms with E-state index < -0.39 is 0 Å². The van der Waals surface area contributed by atoms with Gasteiger partial charge < -0.3 is 4.74 Å². The second-order valence-corrected chi connectivity index (χ2v) is 2.66. The summed E-state index contributed by atoms with van der Waals surface area (Å²) in [6.45, 7) is 2.50. The number of hydrogen-bond acceptors (Lipinski definition) is 1. The van der Waals surface area contributed by atoms with Gasteiger partial charge in [-0.2, -0.15) is 0 Å². The quantitative estimate of drug-likeness (QED) is 0.652. The molecule has 0 saturated heterocycles. The van der Waals surface area contributed by atoms with Gasteiger partial charge in [0.1, 0.15) is 0 Å². The van der Waals surface area contributed by atoms with Crippen LogP contribution < -0.4 is 0 Å². The summed E-state index contributed by atoms with van der Waals surface area (Å²) >= 11 is 5.75. The fourth-order valence-corrected chi connectivity index (χ4v) is 1.09. The van der Waals surface area contributed by atoms with Gasteiger partial charge in [0.15, 0.2) is 5.22 Å². The van der Waals surface area contributed by atoms with Crippen LogP contribution in [0.15, 0.2) is 35.6 Å². The van der Waals surface area contributed by atoms with Crippen molar-refractivity contribution in [2.24, 2.45) is 0 Å². The summed E-state index contributed by atoms with van der Waals surface area (Å²) in [5, 5.41) is 0.434. The summed E-state index contributed by atoms with van der Waals surface area (Å²) < 4.78 is 5.07. The lowest BCUT2D eigenvalue weighted by molar-refractivity contribution is 0.258. The highest BCUT2D eigenvalue weighted by Crippen LogP contribution is 2.10. The molecule has 1 aromatic rings. The first-order chi connectivity index (χ1) is 5.83. The van der Waals surface area contributed by atoms with Crippen LogP contribution in [0.4, 0.5) is 0 Å². The molecule has 0 atom stereocenters. The summed E-state index contributed by atoms with van der Waals surface area (Å²) in [5.74, 6) is 0. The lowest BCUT2D eigenvalue weighted by Crippen LogP contribution is -1.83. The summed E-state index contributed by atoms with van der Waals surface area (Å²) in [4.78, 5) is 0. The molecule has 1 aromatic carbocycles. The SMILES string of the molecule is CCO/C(Cl)=C\c1ccccc1. The van der Waals surface area contributed by atoms with Crippen LogP contribution >= 0.6 is 11.6 Å². The van der Waals surface area contributed by atoms with E-state index in [-0.39, 0.29) is 0 Å². The van der Waals surface area contributed by atoms with E-state index in [1.54, 1.807) is 6.08 Å². The molecule has 0 fully saturated rings. The molecular formula is C10H11ClO. The van der Waals surface area contributed by atoms with Crippen LogP contribution in [0.25, 0.3) is 6.08 Å². The molecule has 0 spiro atoms. The van der Waals surface area contributed by atoms with Crippen LogP contribution in [0.1, 0.15) is 12.5 Å². The number of rotatable bonds is 3. The molecule has 0 unspecified atom stereocenters. The van der Waals surface area contributed by atoms with Crippen molar-refractivity contribution in [2.75, 3.05) is 6.61 Å². The molecule has 0 amide bonds. The van der Waals surface area contributed by atoms with Crippen LogP contribution in [0.3, 0.4) is 0 Å². The average molecular weight is 183 g/mol. The van der Waals surface area contributed by atoms with Crippen molar-refractivity contribution in [3.8, 4) is 0 Å². The Kier molecular flexibility index (Phi) is 3.68. The first-order valence-corrected chi connectivity index (χ1v) is 4.25. The molecule has 1 rings (SSSR count). The number of benzene rings is 1. The molecule has 64 valence electrons. The van der Waals surface area contributed by atoms with E-state index in [1.807, 2.05) is 37.3 Å². The first kappa shape index (κ1) is 9.14. The van der Waals surface area contributed by atoms with Crippen LogP contribution in [-0.2, 0) is 4.74 Å². The maximum Gasteiger partial charge on any atom is 0.187 e. The molecule has 0 N–H and O–H groups in total. The summed E-state index contributed by atoms with van der Waals surface area (Å²) in [5.41, 5.74) is 1.05. The Bertz CT molecular complexity index is 254. The minimum atomic E-state index is 0.434. The van der Waals surface area contributed by atoms with Gasteiger partial charge in [-0.25, -0.2) is 0 Å². The predicted molar refractivity (Wildman–Crippen MR) is 51.9 cm³/mol. The van der Waals surface area contributed by atoms with Crippen LogP contribution in [-0.4, -0.2) is 6.61 Å². The maximum absolute atomic E-state index is 5.75.